The van der Waals surface area contributed by atoms with Crippen LogP contribution in [0, 0.1) is 3.57 Å². The molecule has 3 unspecified atom stereocenters. The fourth-order valence-electron chi connectivity index (χ4n) is 3.76. The molecule has 1 aliphatic rings. The normalized spacial score (nSPS) is 19.9. The van der Waals surface area contributed by atoms with Crippen molar-refractivity contribution in [3.63, 3.8) is 0 Å². The highest BCUT2D eigenvalue weighted by Crippen LogP contribution is 2.37. The summed E-state index contributed by atoms with van der Waals surface area (Å²) < 4.78 is 17.4. The number of halogens is 1. The third-order valence-corrected chi connectivity index (χ3v) is 6.30. The lowest BCUT2D eigenvalue weighted by molar-refractivity contribution is -0.139. The molecule has 10 nitrogen and oxygen atoms in total. The van der Waals surface area contributed by atoms with E-state index in [1.54, 1.807) is 19.1 Å². The van der Waals surface area contributed by atoms with E-state index in [9.17, 15) is 19.8 Å². The van der Waals surface area contributed by atoms with E-state index in [0.29, 0.717) is 26.2 Å². The van der Waals surface area contributed by atoms with Crippen molar-refractivity contribution in [1.82, 2.24) is 10.2 Å². The van der Waals surface area contributed by atoms with Gasteiger partial charge in [-0.25, -0.2) is 0 Å². The number of carbonyl (C=O) groups is 2. The Hall–Kier alpha value is -1.93. The Balaban J connectivity index is 2.47. The summed E-state index contributed by atoms with van der Waals surface area (Å²) in [5, 5.41) is 32.5. The molecule has 0 spiro atoms. The van der Waals surface area contributed by atoms with Gasteiger partial charge in [-0.3, -0.25) is 9.59 Å². The summed E-state index contributed by atoms with van der Waals surface area (Å²) in [5.74, 6) is 0.122. The van der Waals surface area contributed by atoms with Crippen LogP contribution in [0.25, 0.3) is 0 Å². The predicted octanol–water partition coefficient (Wildman–Crippen LogP) is 0.593. The molecule has 11 heteroatoms. The fraction of sp³-hybridized carbons (Fsp3) is 0.565. The molecule has 1 aromatic carbocycles. The third-order valence-electron chi connectivity index (χ3n) is 5.50. The Kier molecular flexibility index (Phi) is 11.5. The van der Waals surface area contributed by atoms with Crippen molar-refractivity contribution in [3.8, 4) is 11.5 Å². The van der Waals surface area contributed by atoms with E-state index in [1.165, 1.54) is 25.2 Å². The molecule has 0 saturated carbocycles. The Morgan fingerprint density at radius 3 is 2.59 bits per heavy atom. The van der Waals surface area contributed by atoms with Crippen LogP contribution in [0.1, 0.15) is 25.3 Å². The number of aliphatic hydroxyl groups is 3. The topological polar surface area (TPSA) is 138 Å². The van der Waals surface area contributed by atoms with Gasteiger partial charge in [0, 0.05) is 38.6 Å². The highest BCUT2D eigenvalue weighted by molar-refractivity contribution is 14.1. The number of nitrogens with one attached hydrogen (secondary N) is 1. The molecule has 1 aliphatic carbocycles. The van der Waals surface area contributed by atoms with Crippen LogP contribution in [-0.2, 0) is 20.9 Å². The van der Waals surface area contributed by atoms with Crippen LogP contribution in [0.15, 0.2) is 23.8 Å². The van der Waals surface area contributed by atoms with Gasteiger partial charge < -0.3 is 39.7 Å². The molecule has 1 aromatic rings. The molecule has 0 aromatic heterocycles. The Bertz CT molecular complexity index is 879. The van der Waals surface area contributed by atoms with Crippen LogP contribution in [0.4, 0.5) is 0 Å². The number of aliphatic hydroxyl groups excluding tert-OH is 3. The van der Waals surface area contributed by atoms with Gasteiger partial charge in [0.25, 0.3) is 0 Å². The number of hydrogen-bond acceptors (Lipinski definition) is 8. The lowest BCUT2D eigenvalue weighted by atomic mass is 9.88. The standard InChI is InChI=1S/C23H33IN2O8/c1-4-20(29)26(6-8-32-2)17-11-15(23(31)25-5-7-27)12-18(21(17)30)34-22-16(24)9-14(13-28)10-19(22)33-3/h9-10,12,17-18,21,27-28,30H,4-8,11,13H2,1-3H3,(H,25,31). The van der Waals surface area contributed by atoms with Crippen molar-refractivity contribution in [2.24, 2.45) is 0 Å². The number of rotatable bonds is 12. The molecular formula is C23H33IN2O8. The minimum Gasteiger partial charge on any atom is -0.493 e. The summed E-state index contributed by atoms with van der Waals surface area (Å²) >= 11 is 2.05. The van der Waals surface area contributed by atoms with Crippen LogP contribution in [-0.4, -0.2) is 90.8 Å². The molecule has 0 heterocycles. The van der Waals surface area contributed by atoms with E-state index in [4.69, 9.17) is 19.3 Å². The number of ether oxygens (including phenoxy) is 3. The third kappa shape index (κ3) is 7.04. The average Bonchev–Trinajstić information content (AvgIpc) is 2.84. The quantitative estimate of drug-likeness (QED) is 0.259. The maximum atomic E-state index is 12.7. The minimum absolute atomic E-state index is 0.0739. The van der Waals surface area contributed by atoms with Crippen LogP contribution < -0.4 is 14.8 Å². The molecule has 0 saturated heterocycles. The zero-order valence-electron chi connectivity index (χ0n) is 19.6. The smallest absolute Gasteiger partial charge is 0.247 e. The second-order valence-electron chi connectivity index (χ2n) is 7.72. The molecule has 0 aliphatic heterocycles. The maximum absolute atomic E-state index is 12.7. The van der Waals surface area contributed by atoms with Gasteiger partial charge in [-0.05, 0) is 46.4 Å². The number of hydrogen-bond donors (Lipinski definition) is 4. The molecule has 2 rings (SSSR count). The lowest BCUT2D eigenvalue weighted by Gasteiger charge is -2.40. The number of methoxy groups -OCH3 is 2. The fourth-order valence-corrected chi connectivity index (χ4v) is 4.56. The molecule has 34 heavy (non-hydrogen) atoms. The summed E-state index contributed by atoms with van der Waals surface area (Å²) in [6, 6.07) is 2.64. The molecular weight excluding hydrogens is 559 g/mol. The second-order valence-corrected chi connectivity index (χ2v) is 8.88. The minimum atomic E-state index is -1.14. The molecule has 0 radical (unpaired) electrons. The lowest BCUT2D eigenvalue weighted by Crippen LogP contribution is -2.55. The number of amides is 2. The highest BCUT2D eigenvalue weighted by atomic mass is 127. The average molecular weight is 592 g/mol. The van der Waals surface area contributed by atoms with E-state index in [1.807, 2.05) is 22.6 Å². The summed E-state index contributed by atoms with van der Waals surface area (Å²) in [4.78, 5) is 27.0. The van der Waals surface area contributed by atoms with E-state index < -0.39 is 24.2 Å². The van der Waals surface area contributed by atoms with E-state index in [2.05, 4.69) is 5.32 Å². The van der Waals surface area contributed by atoms with Crippen LogP contribution in [0.5, 0.6) is 11.5 Å². The van der Waals surface area contributed by atoms with Crippen LogP contribution >= 0.6 is 22.6 Å². The number of carbonyl (C=O) groups excluding carboxylic acids is 2. The van der Waals surface area contributed by atoms with Gasteiger partial charge in [0.05, 0.1) is 36.5 Å². The first kappa shape index (κ1) is 28.3. The Labute approximate surface area is 213 Å². The van der Waals surface area contributed by atoms with Crippen molar-refractivity contribution < 1.29 is 39.1 Å². The molecule has 0 fully saturated rings. The van der Waals surface area contributed by atoms with E-state index >= 15 is 0 Å². The van der Waals surface area contributed by atoms with Gasteiger partial charge >= 0.3 is 0 Å². The first-order valence-electron chi connectivity index (χ1n) is 11.0. The maximum Gasteiger partial charge on any atom is 0.247 e. The van der Waals surface area contributed by atoms with Crippen molar-refractivity contribution in [2.75, 3.05) is 40.5 Å². The van der Waals surface area contributed by atoms with Crippen molar-refractivity contribution >= 4 is 34.4 Å². The van der Waals surface area contributed by atoms with Gasteiger partial charge in [-0.1, -0.05) is 6.92 Å². The van der Waals surface area contributed by atoms with Crippen LogP contribution in [0.3, 0.4) is 0 Å². The summed E-state index contributed by atoms with van der Waals surface area (Å²) in [7, 11) is 2.99. The summed E-state index contributed by atoms with van der Waals surface area (Å²) in [6.45, 7) is 1.92. The van der Waals surface area contributed by atoms with E-state index in [-0.39, 0.29) is 51.7 Å². The van der Waals surface area contributed by atoms with Gasteiger partial charge in [0.2, 0.25) is 11.8 Å². The summed E-state index contributed by atoms with van der Waals surface area (Å²) in [6.07, 6.45) is -0.229. The van der Waals surface area contributed by atoms with Crippen molar-refractivity contribution in [2.45, 2.75) is 44.6 Å². The first-order valence-corrected chi connectivity index (χ1v) is 12.1. The Morgan fingerprint density at radius 1 is 1.26 bits per heavy atom. The van der Waals surface area contributed by atoms with E-state index in [0.717, 1.165) is 0 Å². The van der Waals surface area contributed by atoms with Gasteiger partial charge in [0.1, 0.15) is 12.2 Å². The molecule has 2 amide bonds. The van der Waals surface area contributed by atoms with Gasteiger partial charge in [-0.2, -0.15) is 0 Å². The zero-order valence-corrected chi connectivity index (χ0v) is 21.8. The van der Waals surface area contributed by atoms with Gasteiger partial charge in [0.15, 0.2) is 11.5 Å². The van der Waals surface area contributed by atoms with Crippen molar-refractivity contribution in [3.05, 3.63) is 32.9 Å². The molecule has 3 atom stereocenters. The largest absolute Gasteiger partial charge is 0.493 e. The van der Waals surface area contributed by atoms with Crippen molar-refractivity contribution in [1.29, 1.82) is 0 Å². The molecule has 0 bridgehead atoms. The first-order chi connectivity index (χ1) is 16.3. The Morgan fingerprint density at radius 2 is 2.00 bits per heavy atom. The second kappa shape index (κ2) is 13.8. The predicted molar refractivity (Wildman–Crippen MR) is 133 cm³/mol. The monoisotopic (exact) mass is 592 g/mol. The van der Waals surface area contributed by atoms with Gasteiger partial charge in [-0.15, -0.1) is 0 Å². The summed E-state index contributed by atoms with van der Waals surface area (Å²) in [5.41, 5.74) is 0.968. The highest BCUT2D eigenvalue weighted by Gasteiger charge is 2.40. The molecule has 190 valence electrons. The SMILES string of the molecule is CCC(=O)N(CCOC)C1CC(C(=O)NCCO)=CC(Oc2c(I)cc(CO)cc2OC)C1O. The number of nitrogens with zero attached hydrogens (tertiary/aromatic N) is 1. The number of benzene rings is 1. The zero-order chi connectivity index (χ0) is 25.3. The van der Waals surface area contributed by atoms with Crippen LogP contribution in [0.2, 0.25) is 0 Å². The molecule has 4 N–H and O–H groups in total.